The second-order valence-electron chi connectivity index (χ2n) is 8.58. The van der Waals surface area contributed by atoms with Gasteiger partial charge in [0.05, 0.1) is 16.7 Å². The number of aliphatic hydroxyl groups is 1. The van der Waals surface area contributed by atoms with Crippen LogP contribution < -0.4 is 0 Å². The van der Waals surface area contributed by atoms with Crippen molar-refractivity contribution in [2.75, 3.05) is 6.61 Å². The van der Waals surface area contributed by atoms with Crippen molar-refractivity contribution in [3.63, 3.8) is 0 Å². The van der Waals surface area contributed by atoms with Gasteiger partial charge in [-0.1, -0.05) is 54.6 Å². The summed E-state index contributed by atoms with van der Waals surface area (Å²) in [6.07, 6.45) is -7.67. The first-order valence-corrected chi connectivity index (χ1v) is 12.1. The molecule has 5 atom stereocenters. The zero-order valence-corrected chi connectivity index (χ0v) is 20.9. The number of ether oxygens (including phenoxy) is 5. The summed E-state index contributed by atoms with van der Waals surface area (Å²) >= 11 is 0. The minimum atomic E-state index is -1.82. The van der Waals surface area contributed by atoms with Crippen LogP contribution in [0.25, 0.3) is 0 Å². The maximum Gasteiger partial charge on any atom is 0.338 e. The molecule has 0 bridgehead atoms. The van der Waals surface area contributed by atoms with Crippen LogP contribution in [-0.4, -0.2) is 66.3 Å². The van der Waals surface area contributed by atoms with Crippen molar-refractivity contribution in [1.82, 2.24) is 0 Å². The molecule has 39 heavy (non-hydrogen) atoms. The lowest BCUT2D eigenvalue weighted by Gasteiger charge is -2.42. The van der Waals surface area contributed by atoms with Crippen molar-refractivity contribution in [2.24, 2.45) is 0 Å². The molecule has 0 saturated carbocycles. The summed E-state index contributed by atoms with van der Waals surface area (Å²) in [6, 6.07) is 23.9. The number of benzene rings is 3. The fourth-order valence-corrected chi connectivity index (χ4v) is 3.93. The molecular formula is C29H26O10. The third-order valence-corrected chi connectivity index (χ3v) is 5.82. The van der Waals surface area contributed by atoms with E-state index in [2.05, 4.69) is 0 Å². The van der Waals surface area contributed by atoms with E-state index in [-0.39, 0.29) is 16.7 Å². The van der Waals surface area contributed by atoms with Gasteiger partial charge in [0.2, 0.25) is 0 Å². The molecule has 1 N–H and O–H groups in total. The summed E-state index contributed by atoms with van der Waals surface area (Å²) in [7, 11) is 0. The molecule has 3 aromatic rings. The van der Waals surface area contributed by atoms with E-state index in [0.717, 1.165) is 0 Å². The van der Waals surface area contributed by atoms with Crippen LogP contribution in [0.4, 0.5) is 0 Å². The number of hydrogen-bond acceptors (Lipinski definition) is 10. The average Bonchev–Trinajstić information content (AvgIpc) is 2.96. The van der Waals surface area contributed by atoms with E-state index in [0.29, 0.717) is 0 Å². The molecule has 0 aliphatic carbocycles. The highest BCUT2D eigenvalue weighted by atomic mass is 16.7. The smallest absolute Gasteiger partial charge is 0.338 e. The van der Waals surface area contributed by atoms with Gasteiger partial charge in [0.15, 0.2) is 24.6 Å². The van der Waals surface area contributed by atoms with E-state index in [1.165, 1.54) is 43.3 Å². The Balaban J connectivity index is 1.69. The van der Waals surface area contributed by atoms with Crippen molar-refractivity contribution < 1.29 is 48.0 Å². The second-order valence-corrected chi connectivity index (χ2v) is 8.58. The topological polar surface area (TPSA) is 135 Å². The van der Waals surface area contributed by atoms with Gasteiger partial charge in [0.25, 0.3) is 0 Å². The maximum absolute atomic E-state index is 13.1. The van der Waals surface area contributed by atoms with Crippen LogP contribution in [0.15, 0.2) is 91.0 Å². The number of carbonyl (C=O) groups is 4. The van der Waals surface area contributed by atoms with Gasteiger partial charge < -0.3 is 28.8 Å². The number of esters is 4. The predicted octanol–water partition coefficient (Wildman–Crippen LogP) is 2.94. The van der Waals surface area contributed by atoms with E-state index in [1.807, 2.05) is 0 Å². The minimum Gasteiger partial charge on any atom is -0.463 e. The first-order chi connectivity index (χ1) is 18.8. The highest BCUT2D eigenvalue weighted by molar-refractivity contribution is 5.91. The molecule has 202 valence electrons. The Labute approximate surface area is 224 Å². The van der Waals surface area contributed by atoms with E-state index < -0.39 is 61.2 Å². The number of carbonyl (C=O) groups excluding carboxylic acids is 4. The SMILES string of the molecule is CC(=O)OC[C@H]1O[C@H](O)[C@H](OC(=O)c2ccccc2)[C@@H](OC(=O)c2ccccc2)[C@H]1OC(=O)c1ccccc1. The fraction of sp³-hybridized carbons (Fsp3) is 0.241. The van der Waals surface area contributed by atoms with Gasteiger partial charge >= 0.3 is 23.9 Å². The molecule has 4 rings (SSSR count). The van der Waals surface area contributed by atoms with Gasteiger partial charge in [-0.05, 0) is 36.4 Å². The van der Waals surface area contributed by atoms with Crippen molar-refractivity contribution >= 4 is 23.9 Å². The Kier molecular flexibility index (Phi) is 9.03. The van der Waals surface area contributed by atoms with Crippen LogP contribution in [0.5, 0.6) is 0 Å². The quantitative estimate of drug-likeness (QED) is 0.339. The summed E-state index contributed by atoms with van der Waals surface area (Å²) < 4.78 is 27.6. The van der Waals surface area contributed by atoms with Crippen LogP contribution in [0.1, 0.15) is 38.0 Å². The highest BCUT2D eigenvalue weighted by Crippen LogP contribution is 2.30. The van der Waals surface area contributed by atoms with E-state index in [4.69, 9.17) is 23.7 Å². The Morgan fingerprint density at radius 3 is 1.44 bits per heavy atom. The fourth-order valence-electron chi connectivity index (χ4n) is 3.93. The Morgan fingerprint density at radius 1 is 0.641 bits per heavy atom. The van der Waals surface area contributed by atoms with Gasteiger partial charge in [-0.3, -0.25) is 4.79 Å². The Morgan fingerprint density at radius 2 is 1.03 bits per heavy atom. The van der Waals surface area contributed by atoms with Crippen LogP contribution >= 0.6 is 0 Å². The molecule has 0 spiro atoms. The Bertz CT molecular complexity index is 1280. The highest BCUT2D eigenvalue weighted by Gasteiger charge is 2.52. The molecule has 0 amide bonds. The molecule has 1 heterocycles. The van der Waals surface area contributed by atoms with Crippen molar-refractivity contribution in [2.45, 2.75) is 37.6 Å². The summed E-state index contributed by atoms with van der Waals surface area (Å²) in [5, 5.41) is 10.9. The van der Waals surface area contributed by atoms with Crippen molar-refractivity contribution in [3.05, 3.63) is 108 Å². The van der Waals surface area contributed by atoms with Crippen LogP contribution in [0.3, 0.4) is 0 Å². The minimum absolute atomic E-state index is 0.163. The zero-order chi connectivity index (χ0) is 27.8. The lowest BCUT2D eigenvalue weighted by atomic mass is 9.97. The first kappa shape index (κ1) is 27.5. The predicted molar refractivity (Wildman–Crippen MR) is 134 cm³/mol. The van der Waals surface area contributed by atoms with E-state index in [1.54, 1.807) is 54.6 Å². The standard InChI is InChI=1S/C29H26O10/c1-18(30)35-17-22-23(37-26(31)19-11-5-2-6-12-19)24(38-27(32)20-13-7-3-8-14-20)25(29(34)36-22)39-28(33)21-15-9-4-10-16-21/h2-16,22-25,29,34H,17H2,1H3/t22-,23+,24+,25-,29+/m1/s1. The molecule has 1 fully saturated rings. The molecule has 0 radical (unpaired) electrons. The van der Waals surface area contributed by atoms with Gasteiger partial charge in [0, 0.05) is 6.92 Å². The summed E-state index contributed by atoms with van der Waals surface area (Å²) in [5.41, 5.74) is 0.509. The van der Waals surface area contributed by atoms with E-state index in [9.17, 15) is 24.3 Å². The molecule has 10 heteroatoms. The summed E-state index contributed by atoms with van der Waals surface area (Å²) in [4.78, 5) is 50.5. The molecule has 0 unspecified atom stereocenters. The largest absolute Gasteiger partial charge is 0.463 e. The lowest BCUT2D eigenvalue weighted by molar-refractivity contribution is -0.285. The summed E-state index contributed by atoms with van der Waals surface area (Å²) in [6.45, 7) is 0.722. The van der Waals surface area contributed by atoms with Gasteiger partial charge in [-0.15, -0.1) is 0 Å². The normalized spacial score (nSPS) is 22.3. The first-order valence-electron chi connectivity index (χ1n) is 12.1. The molecule has 0 aromatic heterocycles. The third kappa shape index (κ3) is 7.07. The van der Waals surface area contributed by atoms with Crippen LogP contribution in [0.2, 0.25) is 0 Å². The monoisotopic (exact) mass is 534 g/mol. The molecule has 10 nitrogen and oxygen atoms in total. The number of hydrogen-bond donors (Lipinski definition) is 1. The number of rotatable bonds is 8. The molecule has 3 aromatic carbocycles. The maximum atomic E-state index is 13.1. The van der Waals surface area contributed by atoms with Crippen LogP contribution in [-0.2, 0) is 28.5 Å². The molecule has 1 aliphatic rings. The lowest BCUT2D eigenvalue weighted by Crippen LogP contribution is -2.62. The van der Waals surface area contributed by atoms with Gasteiger partial charge in [-0.2, -0.15) is 0 Å². The average molecular weight is 535 g/mol. The molecule has 1 saturated heterocycles. The van der Waals surface area contributed by atoms with Gasteiger partial charge in [-0.25, -0.2) is 14.4 Å². The number of aliphatic hydroxyl groups excluding tert-OH is 1. The van der Waals surface area contributed by atoms with Crippen molar-refractivity contribution in [1.29, 1.82) is 0 Å². The summed E-state index contributed by atoms with van der Waals surface area (Å²) in [5.74, 6) is -3.13. The van der Waals surface area contributed by atoms with Crippen LogP contribution in [0, 0.1) is 0 Å². The van der Waals surface area contributed by atoms with Gasteiger partial charge in [0.1, 0.15) is 12.7 Å². The Hall–Kier alpha value is -4.54. The molecular weight excluding hydrogens is 508 g/mol. The molecule has 1 aliphatic heterocycles. The third-order valence-electron chi connectivity index (χ3n) is 5.82. The zero-order valence-electron chi connectivity index (χ0n) is 20.9. The van der Waals surface area contributed by atoms with Crippen molar-refractivity contribution in [3.8, 4) is 0 Å². The second kappa shape index (κ2) is 12.8. The van der Waals surface area contributed by atoms with E-state index >= 15 is 0 Å².